The molecule has 1 nitrogen and oxygen atoms in total. The van der Waals surface area contributed by atoms with E-state index in [1.165, 1.54) is 39.2 Å². The Balaban J connectivity index is -0.0000000573. The lowest BCUT2D eigenvalue weighted by atomic mass is 10.2. The largest absolute Gasteiger partial charge is 0.333 e. The van der Waals surface area contributed by atoms with Crippen molar-refractivity contribution >= 4 is 0 Å². The van der Waals surface area contributed by atoms with Crippen molar-refractivity contribution in [2.45, 2.75) is 73.6 Å². The van der Waals surface area contributed by atoms with Crippen LogP contribution in [0.15, 0.2) is 0 Å². The van der Waals surface area contributed by atoms with Crippen molar-refractivity contribution in [1.29, 1.82) is 0 Å². The maximum absolute atomic E-state index is 4.50. The predicted molar refractivity (Wildman–Crippen MR) is 67.2 cm³/mol. The minimum Gasteiger partial charge on any atom is -0.333 e. The van der Waals surface area contributed by atoms with Gasteiger partial charge in [0.05, 0.1) is 0 Å². The minimum atomic E-state index is 1.36. The molecule has 2 N–H and O–H groups in total. The normalized spacial score (nSPS) is 6.46. The smallest absolute Gasteiger partial charge is 0.0195 e. The van der Waals surface area contributed by atoms with Crippen molar-refractivity contribution in [2.24, 2.45) is 5.73 Å². The second-order valence-corrected chi connectivity index (χ2v) is 2.06. The number of nitrogens with two attached hydrogens (primary N) is 1. The van der Waals surface area contributed by atoms with Crippen LogP contribution >= 0.6 is 0 Å². The van der Waals surface area contributed by atoms with Crippen LogP contribution in [-0.4, -0.2) is 7.05 Å². The molecular weight excluding hydrogens is 158 g/mol. The zero-order valence-corrected chi connectivity index (χ0v) is 11.1. The van der Waals surface area contributed by atoms with Gasteiger partial charge in [0.15, 0.2) is 0 Å². The Labute approximate surface area is 87.1 Å². The molecule has 0 radical (unpaired) electrons. The van der Waals surface area contributed by atoms with E-state index in [0.717, 1.165) is 0 Å². The summed E-state index contributed by atoms with van der Waals surface area (Å²) in [6, 6.07) is 0. The average molecular weight is 191 g/mol. The van der Waals surface area contributed by atoms with Crippen molar-refractivity contribution < 1.29 is 0 Å². The summed E-state index contributed by atoms with van der Waals surface area (Å²) in [5.74, 6) is 0. The van der Waals surface area contributed by atoms with Crippen LogP contribution in [-0.2, 0) is 0 Å². The van der Waals surface area contributed by atoms with E-state index in [4.69, 9.17) is 0 Å². The molecule has 1 heteroatoms. The SMILES string of the molecule is CC.CC.CCCCCCC.CN. The van der Waals surface area contributed by atoms with Crippen molar-refractivity contribution in [3.05, 3.63) is 0 Å². The fourth-order valence-corrected chi connectivity index (χ4v) is 0.677. The summed E-state index contributed by atoms with van der Waals surface area (Å²) >= 11 is 0. The molecule has 0 aromatic heterocycles. The lowest BCUT2D eigenvalue weighted by Crippen LogP contribution is -1.70. The highest BCUT2D eigenvalue weighted by atomic mass is 14.4. The lowest BCUT2D eigenvalue weighted by molar-refractivity contribution is 0.656. The fraction of sp³-hybridized carbons (Fsp3) is 1.00. The zero-order valence-electron chi connectivity index (χ0n) is 11.1. The van der Waals surface area contributed by atoms with Crippen molar-refractivity contribution in [1.82, 2.24) is 0 Å². The molecule has 0 saturated carbocycles. The van der Waals surface area contributed by atoms with Gasteiger partial charge >= 0.3 is 0 Å². The molecule has 0 bridgehead atoms. The van der Waals surface area contributed by atoms with Crippen LogP contribution in [0.1, 0.15) is 73.6 Å². The highest BCUT2D eigenvalue weighted by Gasteiger charge is 1.80. The maximum Gasteiger partial charge on any atom is -0.0195 e. The Kier molecular flexibility index (Phi) is 104. The summed E-state index contributed by atoms with van der Waals surface area (Å²) in [7, 11) is 1.50. The van der Waals surface area contributed by atoms with Gasteiger partial charge in [-0.1, -0.05) is 73.6 Å². The van der Waals surface area contributed by atoms with Gasteiger partial charge in [0, 0.05) is 0 Å². The average Bonchev–Trinajstić information content (AvgIpc) is 2.27. The van der Waals surface area contributed by atoms with Crippen molar-refractivity contribution in [3.8, 4) is 0 Å². The van der Waals surface area contributed by atoms with E-state index in [1.54, 1.807) is 0 Å². The molecule has 0 amide bonds. The molecule has 86 valence electrons. The number of hydrogen-bond donors (Lipinski definition) is 1. The summed E-state index contributed by atoms with van der Waals surface area (Å²) in [6.07, 6.45) is 7.01. The van der Waals surface area contributed by atoms with E-state index in [-0.39, 0.29) is 0 Å². The molecule has 0 heterocycles. The van der Waals surface area contributed by atoms with E-state index < -0.39 is 0 Å². The second-order valence-electron chi connectivity index (χ2n) is 2.06. The van der Waals surface area contributed by atoms with Crippen LogP contribution in [0.5, 0.6) is 0 Å². The van der Waals surface area contributed by atoms with E-state index in [2.05, 4.69) is 19.6 Å². The molecule has 0 fully saturated rings. The molecule has 0 aromatic rings. The Morgan fingerprint density at radius 1 is 0.615 bits per heavy atom. The third-order valence-electron chi connectivity index (χ3n) is 1.21. The monoisotopic (exact) mass is 191 g/mol. The first-order chi connectivity index (χ1) is 6.41. The molecule has 0 aliphatic rings. The molecule has 0 spiro atoms. The van der Waals surface area contributed by atoms with E-state index in [0.29, 0.717) is 0 Å². The highest BCUT2D eigenvalue weighted by Crippen LogP contribution is 2.00. The standard InChI is InChI=1S/C7H16.2C2H6.CH5N/c1-3-5-7-6-4-2;3*1-2/h3-7H2,1-2H3;2*1-2H3;2H2,1H3. The molecule has 0 unspecified atom stereocenters. The summed E-state index contributed by atoms with van der Waals surface area (Å²) < 4.78 is 0. The molecule has 0 saturated heterocycles. The maximum atomic E-state index is 4.50. The molecule has 13 heavy (non-hydrogen) atoms. The van der Waals surface area contributed by atoms with Gasteiger partial charge in [-0.25, -0.2) is 0 Å². The topological polar surface area (TPSA) is 26.0 Å². The van der Waals surface area contributed by atoms with Crippen LogP contribution in [0.2, 0.25) is 0 Å². The van der Waals surface area contributed by atoms with E-state index in [1.807, 2.05) is 27.7 Å². The molecule has 0 aromatic carbocycles. The van der Waals surface area contributed by atoms with Crippen LogP contribution in [0.4, 0.5) is 0 Å². The van der Waals surface area contributed by atoms with Crippen LogP contribution in [0.25, 0.3) is 0 Å². The van der Waals surface area contributed by atoms with Crippen LogP contribution in [0.3, 0.4) is 0 Å². The van der Waals surface area contributed by atoms with Crippen molar-refractivity contribution in [3.63, 3.8) is 0 Å². The quantitative estimate of drug-likeness (QED) is 0.646. The molecule has 0 aliphatic heterocycles. The summed E-state index contributed by atoms with van der Waals surface area (Å²) in [5, 5.41) is 0. The third kappa shape index (κ3) is 75.7. The summed E-state index contributed by atoms with van der Waals surface area (Å²) in [5.41, 5.74) is 4.50. The molecule has 0 atom stereocenters. The number of rotatable bonds is 4. The Bertz CT molecular complexity index is 24.3. The van der Waals surface area contributed by atoms with E-state index >= 15 is 0 Å². The van der Waals surface area contributed by atoms with Crippen molar-refractivity contribution in [2.75, 3.05) is 7.05 Å². The fourth-order valence-electron chi connectivity index (χ4n) is 0.677. The first-order valence-electron chi connectivity index (χ1n) is 5.99. The van der Waals surface area contributed by atoms with Gasteiger partial charge in [0.25, 0.3) is 0 Å². The highest BCUT2D eigenvalue weighted by molar-refractivity contribution is 4.35. The van der Waals surface area contributed by atoms with Gasteiger partial charge in [-0.3, -0.25) is 0 Å². The summed E-state index contributed by atoms with van der Waals surface area (Å²) in [4.78, 5) is 0. The number of unbranched alkanes of at least 4 members (excludes halogenated alkanes) is 4. The number of hydrogen-bond acceptors (Lipinski definition) is 1. The third-order valence-corrected chi connectivity index (χ3v) is 1.21. The molecule has 0 rings (SSSR count). The first-order valence-corrected chi connectivity index (χ1v) is 5.99. The Morgan fingerprint density at radius 2 is 0.846 bits per heavy atom. The van der Waals surface area contributed by atoms with Gasteiger partial charge < -0.3 is 5.73 Å². The predicted octanol–water partition coefficient (Wildman–Crippen LogP) is 4.60. The van der Waals surface area contributed by atoms with Gasteiger partial charge in [0.1, 0.15) is 0 Å². The second kappa shape index (κ2) is 58.4. The van der Waals surface area contributed by atoms with Crippen LogP contribution < -0.4 is 5.73 Å². The Morgan fingerprint density at radius 3 is 1.00 bits per heavy atom. The molecular formula is C12H33N. The van der Waals surface area contributed by atoms with E-state index in [9.17, 15) is 0 Å². The van der Waals surface area contributed by atoms with Gasteiger partial charge in [-0.05, 0) is 7.05 Å². The van der Waals surface area contributed by atoms with Gasteiger partial charge in [-0.15, -0.1) is 0 Å². The van der Waals surface area contributed by atoms with Gasteiger partial charge in [0.2, 0.25) is 0 Å². The molecule has 0 aliphatic carbocycles. The first kappa shape index (κ1) is 23.1. The minimum absolute atomic E-state index is 1.36. The lowest BCUT2D eigenvalue weighted by Gasteiger charge is -1.90. The zero-order chi connectivity index (χ0) is 11.5. The van der Waals surface area contributed by atoms with Gasteiger partial charge in [-0.2, -0.15) is 0 Å². The Hall–Kier alpha value is -0.0400. The van der Waals surface area contributed by atoms with Crippen LogP contribution in [0, 0.1) is 0 Å². The summed E-state index contributed by atoms with van der Waals surface area (Å²) in [6.45, 7) is 12.5.